The zero-order chi connectivity index (χ0) is 13.9. The first kappa shape index (κ1) is 13.2. The maximum Gasteiger partial charge on any atom is 0.0443 e. The first-order valence-electron chi connectivity index (χ1n) is 7.44. The van der Waals surface area contributed by atoms with Crippen LogP contribution in [0.3, 0.4) is 0 Å². The Morgan fingerprint density at radius 2 is 1.95 bits per heavy atom. The van der Waals surface area contributed by atoms with Gasteiger partial charge in [-0.2, -0.15) is 0 Å². The second-order valence-corrected chi connectivity index (χ2v) is 5.55. The van der Waals surface area contributed by atoms with Gasteiger partial charge in [0.1, 0.15) is 0 Å². The fourth-order valence-electron chi connectivity index (χ4n) is 3.12. The minimum absolute atomic E-state index is 0.700. The predicted octanol–water partition coefficient (Wildman–Crippen LogP) is 3.58. The number of fused-ring (bicyclic) bond motifs is 1. The van der Waals surface area contributed by atoms with E-state index in [0.717, 1.165) is 13.0 Å². The highest BCUT2D eigenvalue weighted by Crippen LogP contribution is 2.35. The average molecular weight is 266 g/mol. The van der Waals surface area contributed by atoms with Gasteiger partial charge in [0.2, 0.25) is 0 Å². The first-order valence-corrected chi connectivity index (χ1v) is 7.44. The largest absolute Gasteiger partial charge is 0.341 e. The number of hydrogen-bond acceptors (Lipinski definition) is 2. The van der Waals surface area contributed by atoms with Crippen LogP contribution < -0.4 is 10.6 Å². The lowest BCUT2D eigenvalue weighted by Gasteiger charge is -2.33. The van der Waals surface area contributed by atoms with Gasteiger partial charge in [-0.15, -0.1) is 0 Å². The van der Waals surface area contributed by atoms with Crippen LogP contribution in [0.5, 0.6) is 0 Å². The van der Waals surface area contributed by atoms with Gasteiger partial charge in [0.15, 0.2) is 0 Å². The molecule has 2 aromatic rings. The molecule has 2 heteroatoms. The van der Waals surface area contributed by atoms with Gasteiger partial charge in [-0.1, -0.05) is 35.9 Å². The average Bonchev–Trinajstić information content (AvgIpc) is 2.47. The van der Waals surface area contributed by atoms with Crippen molar-refractivity contribution in [2.75, 3.05) is 18.0 Å². The molecule has 104 valence electrons. The van der Waals surface area contributed by atoms with E-state index in [1.165, 1.54) is 40.9 Å². The quantitative estimate of drug-likeness (QED) is 0.920. The molecule has 1 aliphatic rings. The van der Waals surface area contributed by atoms with Crippen molar-refractivity contribution in [2.24, 2.45) is 5.73 Å². The van der Waals surface area contributed by atoms with E-state index in [9.17, 15) is 0 Å². The van der Waals surface area contributed by atoms with Gasteiger partial charge < -0.3 is 10.6 Å². The van der Waals surface area contributed by atoms with Crippen molar-refractivity contribution in [2.45, 2.75) is 26.2 Å². The molecule has 0 atom stereocenters. The third kappa shape index (κ3) is 2.44. The monoisotopic (exact) mass is 266 g/mol. The van der Waals surface area contributed by atoms with Crippen LogP contribution in [0, 0.1) is 6.92 Å². The number of aryl methyl sites for hydroxylation is 2. The summed E-state index contributed by atoms with van der Waals surface area (Å²) in [6.45, 7) is 3.96. The minimum atomic E-state index is 0.700. The van der Waals surface area contributed by atoms with Crippen molar-refractivity contribution in [3.8, 4) is 0 Å². The molecule has 2 nitrogen and oxygen atoms in total. The zero-order valence-corrected chi connectivity index (χ0v) is 12.1. The number of benzene rings is 2. The van der Waals surface area contributed by atoms with Crippen molar-refractivity contribution in [1.82, 2.24) is 0 Å². The number of anilines is 2. The Kier molecular flexibility index (Phi) is 3.75. The van der Waals surface area contributed by atoms with E-state index in [-0.39, 0.29) is 0 Å². The van der Waals surface area contributed by atoms with E-state index in [4.69, 9.17) is 5.73 Å². The lowest BCUT2D eigenvalue weighted by molar-refractivity contribution is 0.762. The number of hydrogen-bond donors (Lipinski definition) is 1. The van der Waals surface area contributed by atoms with Crippen LogP contribution in [0.4, 0.5) is 11.4 Å². The second kappa shape index (κ2) is 5.68. The fraction of sp³-hybridized carbons (Fsp3) is 0.333. The molecule has 1 heterocycles. The van der Waals surface area contributed by atoms with Crippen molar-refractivity contribution in [3.05, 3.63) is 59.2 Å². The van der Waals surface area contributed by atoms with E-state index in [2.05, 4.69) is 54.3 Å². The Morgan fingerprint density at radius 1 is 1.10 bits per heavy atom. The summed E-state index contributed by atoms with van der Waals surface area (Å²) in [6, 6.07) is 15.5. The summed E-state index contributed by atoms with van der Waals surface area (Å²) in [5.74, 6) is 0. The molecular formula is C18H22N2. The molecule has 0 fully saturated rings. The molecule has 0 saturated carbocycles. The fourth-order valence-corrected chi connectivity index (χ4v) is 3.12. The number of nitrogens with two attached hydrogens (primary N) is 1. The molecule has 0 saturated heterocycles. The Hall–Kier alpha value is -1.80. The minimum Gasteiger partial charge on any atom is -0.341 e. The summed E-state index contributed by atoms with van der Waals surface area (Å²) >= 11 is 0. The van der Waals surface area contributed by atoms with E-state index in [0.29, 0.717) is 6.54 Å². The van der Waals surface area contributed by atoms with Gasteiger partial charge in [-0.25, -0.2) is 0 Å². The smallest absolute Gasteiger partial charge is 0.0443 e. The summed E-state index contributed by atoms with van der Waals surface area (Å²) < 4.78 is 0. The van der Waals surface area contributed by atoms with Gasteiger partial charge in [0.25, 0.3) is 0 Å². The lowest BCUT2D eigenvalue weighted by atomic mass is 9.97. The topological polar surface area (TPSA) is 29.3 Å². The molecule has 0 radical (unpaired) electrons. The molecule has 0 bridgehead atoms. The molecule has 0 unspecified atom stereocenters. The van der Waals surface area contributed by atoms with Crippen molar-refractivity contribution >= 4 is 11.4 Å². The molecule has 20 heavy (non-hydrogen) atoms. The third-order valence-electron chi connectivity index (χ3n) is 4.05. The van der Waals surface area contributed by atoms with Gasteiger partial charge in [0.05, 0.1) is 0 Å². The molecule has 0 aliphatic carbocycles. The molecule has 1 aliphatic heterocycles. The number of nitrogens with zero attached hydrogens (tertiary/aromatic N) is 1. The van der Waals surface area contributed by atoms with Gasteiger partial charge in [-0.3, -0.25) is 0 Å². The summed E-state index contributed by atoms with van der Waals surface area (Å²) in [6.07, 6.45) is 3.34. The molecule has 3 rings (SSSR count). The lowest BCUT2D eigenvalue weighted by Crippen LogP contribution is -2.25. The number of rotatable bonds is 3. The third-order valence-corrected chi connectivity index (χ3v) is 4.05. The van der Waals surface area contributed by atoms with E-state index in [1.54, 1.807) is 0 Å². The molecule has 0 amide bonds. The van der Waals surface area contributed by atoms with Crippen LogP contribution in [0.25, 0.3) is 0 Å². The van der Waals surface area contributed by atoms with Crippen LogP contribution >= 0.6 is 0 Å². The Balaban J connectivity index is 2.04. The molecular weight excluding hydrogens is 244 g/mol. The summed E-state index contributed by atoms with van der Waals surface area (Å²) in [7, 11) is 0. The summed E-state index contributed by atoms with van der Waals surface area (Å²) in [5, 5.41) is 0. The van der Waals surface area contributed by atoms with Gasteiger partial charge >= 0.3 is 0 Å². The van der Waals surface area contributed by atoms with Crippen LogP contribution in [0.1, 0.15) is 23.1 Å². The maximum absolute atomic E-state index is 5.75. The Morgan fingerprint density at radius 3 is 2.80 bits per heavy atom. The van der Waals surface area contributed by atoms with Crippen LogP contribution in [0.2, 0.25) is 0 Å². The van der Waals surface area contributed by atoms with Crippen LogP contribution in [-0.4, -0.2) is 13.1 Å². The Bertz CT molecular complexity index is 604. The van der Waals surface area contributed by atoms with Gasteiger partial charge in [-0.05, 0) is 56.0 Å². The normalized spacial score (nSPS) is 14.2. The number of para-hydroxylation sites is 1. The molecule has 2 N–H and O–H groups in total. The van der Waals surface area contributed by atoms with Crippen LogP contribution in [-0.2, 0) is 12.8 Å². The van der Waals surface area contributed by atoms with Crippen molar-refractivity contribution in [1.29, 1.82) is 0 Å². The second-order valence-electron chi connectivity index (χ2n) is 5.55. The summed E-state index contributed by atoms with van der Waals surface area (Å²) in [5.41, 5.74) is 12.6. The summed E-state index contributed by atoms with van der Waals surface area (Å²) in [4.78, 5) is 2.46. The van der Waals surface area contributed by atoms with Gasteiger partial charge in [0, 0.05) is 17.9 Å². The highest BCUT2D eigenvalue weighted by molar-refractivity contribution is 5.70. The van der Waals surface area contributed by atoms with E-state index in [1.807, 2.05) is 0 Å². The van der Waals surface area contributed by atoms with E-state index >= 15 is 0 Å². The van der Waals surface area contributed by atoms with Crippen molar-refractivity contribution < 1.29 is 0 Å². The molecule has 0 spiro atoms. The van der Waals surface area contributed by atoms with E-state index < -0.39 is 0 Å². The maximum atomic E-state index is 5.75. The highest BCUT2D eigenvalue weighted by Gasteiger charge is 2.19. The first-order chi connectivity index (χ1) is 9.79. The Labute approximate surface area is 121 Å². The highest BCUT2D eigenvalue weighted by atomic mass is 15.1. The molecule has 2 aromatic carbocycles. The molecule has 0 aromatic heterocycles. The van der Waals surface area contributed by atoms with Crippen LogP contribution in [0.15, 0.2) is 42.5 Å². The standard InChI is InChI=1S/C18H22N2/c1-14-8-9-18-16(13-14)6-4-12-20(18)17-7-3-2-5-15(17)10-11-19/h2-3,5,7-9,13H,4,6,10-12,19H2,1H3. The predicted molar refractivity (Wildman–Crippen MR) is 85.7 cm³/mol. The zero-order valence-electron chi connectivity index (χ0n) is 12.1. The van der Waals surface area contributed by atoms with Crippen molar-refractivity contribution in [3.63, 3.8) is 0 Å². The SMILES string of the molecule is Cc1ccc2c(c1)CCCN2c1ccccc1CCN.